The zero-order chi connectivity index (χ0) is 14.5. The highest BCUT2D eigenvalue weighted by Crippen LogP contribution is 2.28. The fourth-order valence-corrected chi connectivity index (χ4v) is 2.70. The van der Waals surface area contributed by atoms with E-state index in [1.165, 1.54) is 11.8 Å². The van der Waals surface area contributed by atoms with E-state index in [1.54, 1.807) is 12.1 Å². The molecule has 0 saturated carbocycles. The SMILES string of the molecule is Cc1cccc(SCC(=O)Nc2ccccc2Cl)c1N. The quantitative estimate of drug-likeness (QED) is 0.664. The van der Waals surface area contributed by atoms with E-state index in [0.717, 1.165) is 16.1 Å². The summed E-state index contributed by atoms with van der Waals surface area (Å²) in [7, 11) is 0. The summed E-state index contributed by atoms with van der Waals surface area (Å²) in [5, 5.41) is 3.31. The Kier molecular flexibility index (Phi) is 4.93. The predicted octanol–water partition coefficient (Wildman–Crippen LogP) is 3.96. The van der Waals surface area contributed by atoms with Gasteiger partial charge >= 0.3 is 0 Å². The molecule has 3 N–H and O–H groups in total. The number of nitrogen functional groups attached to an aromatic ring is 1. The highest BCUT2D eigenvalue weighted by Gasteiger charge is 2.08. The van der Waals surface area contributed by atoms with Gasteiger partial charge in [-0.15, -0.1) is 11.8 Å². The minimum Gasteiger partial charge on any atom is -0.398 e. The molecule has 0 aromatic heterocycles. The van der Waals surface area contributed by atoms with Crippen LogP contribution in [0.1, 0.15) is 5.56 Å². The topological polar surface area (TPSA) is 55.1 Å². The van der Waals surface area contributed by atoms with Crippen molar-refractivity contribution in [1.82, 2.24) is 0 Å². The van der Waals surface area contributed by atoms with Crippen molar-refractivity contribution in [3.8, 4) is 0 Å². The van der Waals surface area contributed by atoms with Gasteiger partial charge in [0.25, 0.3) is 0 Å². The van der Waals surface area contributed by atoms with Gasteiger partial charge in [-0.1, -0.05) is 35.9 Å². The first-order valence-electron chi connectivity index (χ1n) is 6.10. The number of amides is 1. The molecule has 3 nitrogen and oxygen atoms in total. The Balaban J connectivity index is 1.96. The molecular weight excluding hydrogens is 292 g/mol. The van der Waals surface area contributed by atoms with E-state index in [2.05, 4.69) is 5.32 Å². The predicted molar refractivity (Wildman–Crippen MR) is 86.4 cm³/mol. The fourth-order valence-electron chi connectivity index (χ4n) is 1.67. The maximum Gasteiger partial charge on any atom is 0.234 e. The first-order chi connectivity index (χ1) is 9.58. The maximum absolute atomic E-state index is 11.9. The molecule has 2 aromatic carbocycles. The molecule has 0 fully saturated rings. The number of carbonyl (C=O) groups is 1. The third kappa shape index (κ3) is 3.68. The van der Waals surface area contributed by atoms with Gasteiger partial charge in [-0.25, -0.2) is 0 Å². The number of thioether (sulfide) groups is 1. The second-order valence-corrected chi connectivity index (χ2v) is 5.73. The maximum atomic E-state index is 11.9. The molecule has 0 saturated heterocycles. The number of hydrogen-bond acceptors (Lipinski definition) is 3. The van der Waals surface area contributed by atoms with Crippen LogP contribution in [0.15, 0.2) is 47.4 Å². The summed E-state index contributed by atoms with van der Waals surface area (Å²) < 4.78 is 0. The van der Waals surface area contributed by atoms with Gasteiger partial charge in [0.1, 0.15) is 0 Å². The number of rotatable bonds is 4. The van der Waals surface area contributed by atoms with Crippen LogP contribution in [-0.4, -0.2) is 11.7 Å². The second-order valence-electron chi connectivity index (χ2n) is 4.30. The average Bonchev–Trinajstić information content (AvgIpc) is 2.43. The molecule has 2 aromatic rings. The van der Waals surface area contributed by atoms with Crippen LogP contribution in [-0.2, 0) is 4.79 Å². The van der Waals surface area contributed by atoms with Gasteiger partial charge in [0, 0.05) is 10.6 Å². The Morgan fingerprint density at radius 2 is 2.00 bits per heavy atom. The van der Waals surface area contributed by atoms with Crippen molar-refractivity contribution in [2.45, 2.75) is 11.8 Å². The molecule has 0 atom stereocenters. The highest BCUT2D eigenvalue weighted by atomic mass is 35.5. The summed E-state index contributed by atoms with van der Waals surface area (Å²) in [5.74, 6) is 0.183. The van der Waals surface area contributed by atoms with Crippen LogP contribution in [0.2, 0.25) is 5.02 Å². The second kappa shape index (κ2) is 6.68. The van der Waals surface area contributed by atoms with Gasteiger partial charge in [0.15, 0.2) is 0 Å². The van der Waals surface area contributed by atoms with Gasteiger partial charge in [-0.2, -0.15) is 0 Å². The molecule has 0 radical (unpaired) electrons. The smallest absolute Gasteiger partial charge is 0.234 e. The van der Waals surface area contributed by atoms with Crippen LogP contribution in [0, 0.1) is 6.92 Å². The minimum atomic E-state index is -0.107. The Hall–Kier alpha value is -1.65. The standard InChI is InChI=1S/C15H15ClN2OS/c1-10-5-4-8-13(15(10)17)20-9-14(19)18-12-7-3-2-6-11(12)16/h2-8H,9,17H2,1H3,(H,18,19). The largest absolute Gasteiger partial charge is 0.398 e. The summed E-state index contributed by atoms with van der Waals surface area (Å²) in [4.78, 5) is 12.8. The molecule has 0 aliphatic carbocycles. The Morgan fingerprint density at radius 1 is 1.25 bits per heavy atom. The normalized spacial score (nSPS) is 10.3. The molecule has 2 rings (SSSR count). The number of halogens is 1. The van der Waals surface area contributed by atoms with Crippen LogP contribution < -0.4 is 11.1 Å². The minimum absolute atomic E-state index is 0.107. The van der Waals surface area contributed by atoms with Crippen molar-refractivity contribution < 1.29 is 4.79 Å². The number of benzene rings is 2. The molecule has 0 aliphatic heterocycles. The van der Waals surface area contributed by atoms with Crippen molar-refractivity contribution in [2.75, 3.05) is 16.8 Å². The third-order valence-corrected chi connectivity index (χ3v) is 4.19. The molecule has 104 valence electrons. The molecule has 0 aliphatic rings. The van der Waals surface area contributed by atoms with Crippen molar-refractivity contribution in [1.29, 1.82) is 0 Å². The van der Waals surface area contributed by atoms with Crippen LogP contribution >= 0.6 is 23.4 Å². The molecule has 0 unspecified atom stereocenters. The number of hydrogen-bond donors (Lipinski definition) is 2. The zero-order valence-electron chi connectivity index (χ0n) is 11.0. The van der Waals surface area contributed by atoms with Gasteiger partial charge in [0.2, 0.25) is 5.91 Å². The van der Waals surface area contributed by atoms with E-state index >= 15 is 0 Å². The number of carbonyl (C=O) groups excluding carboxylic acids is 1. The van der Waals surface area contributed by atoms with Crippen LogP contribution in [0.4, 0.5) is 11.4 Å². The average molecular weight is 307 g/mol. The lowest BCUT2D eigenvalue weighted by Gasteiger charge is -2.09. The molecule has 1 amide bonds. The van der Waals surface area contributed by atoms with Crippen molar-refractivity contribution in [2.24, 2.45) is 0 Å². The lowest BCUT2D eigenvalue weighted by atomic mass is 10.2. The van der Waals surface area contributed by atoms with Crippen molar-refractivity contribution in [3.63, 3.8) is 0 Å². The first-order valence-corrected chi connectivity index (χ1v) is 7.46. The molecule has 0 bridgehead atoms. The Bertz CT molecular complexity index is 631. The fraction of sp³-hybridized carbons (Fsp3) is 0.133. The van der Waals surface area contributed by atoms with E-state index in [0.29, 0.717) is 16.5 Å². The van der Waals surface area contributed by atoms with Crippen molar-refractivity contribution in [3.05, 3.63) is 53.1 Å². The van der Waals surface area contributed by atoms with Gasteiger partial charge < -0.3 is 11.1 Å². The highest BCUT2D eigenvalue weighted by molar-refractivity contribution is 8.00. The molecule has 20 heavy (non-hydrogen) atoms. The lowest BCUT2D eigenvalue weighted by molar-refractivity contribution is -0.113. The van der Waals surface area contributed by atoms with E-state index in [9.17, 15) is 4.79 Å². The van der Waals surface area contributed by atoms with Crippen LogP contribution in [0.3, 0.4) is 0 Å². The summed E-state index contributed by atoms with van der Waals surface area (Å²) in [6.07, 6.45) is 0. The summed E-state index contributed by atoms with van der Waals surface area (Å²) in [5.41, 5.74) is 8.33. The third-order valence-electron chi connectivity index (χ3n) is 2.79. The van der Waals surface area contributed by atoms with Gasteiger partial charge in [-0.3, -0.25) is 4.79 Å². The van der Waals surface area contributed by atoms with Crippen LogP contribution in [0.25, 0.3) is 0 Å². The monoisotopic (exact) mass is 306 g/mol. The molecule has 0 spiro atoms. The van der Waals surface area contributed by atoms with E-state index < -0.39 is 0 Å². The number of aryl methyl sites for hydroxylation is 1. The Labute approximate surface area is 127 Å². The molecule has 5 heteroatoms. The van der Waals surface area contributed by atoms with Gasteiger partial charge in [-0.05, 0) is 30.7 Å². The Morgan fingerprint density at radius 3 is 2.75 bits per heavy atom. The van der Waals surface area contributed by atoms with E-state index in [4.69, 9.17) is 17.3 Å². The summed E-state index contributed by atoms with van der Waals surface area (Å²) >= 11 is 7.40. The van der Waals surface area contributed by atoms with E-state index in [1.807, 2.05) is 37.3 Å². The summed E-state index contributed by atoms with van der Waals surface area (Å²) in [6.45, 7) is 1.95. The van der Waals surface area contributed by atoms with E-state index in [-0.39, 0.29) is 5.91 Å². The molecular formula is C15H15ClN2OS. The number of anilines is 2. The lowest BCUT2D eigenvalue weighted by Crippen LogP contribution is -2.14. The molecule has 0 heterocycles. The number of nitrogens with two attached hydrogens (primary N) is 1. The van der Waals surface area contributed by atoms with Crippen molar-refractivity contribution >= 4 is 40.6 Å². The number of nitrogens with one attached hydrogen (secondary N) is 1. The van der Waals surface area contributed by atoms with Crippen LogP contribution in [0.5, 0.6) is 0 Å². The summed E-state index contributed by atoms with van der Waals surface area (Å²) in [6, 6.07) is 12.9. The first kappa shape index (κ1) is 14.8. The van der Waals surface area contributed by atoms with Gasteiger partial charge in [0.05, 0.1) is 16.5 Å². The zero-order valence-corrected chi connectivity index (χ0v) is 12.6. The number of para-hydroxylation sites is 2.